The zero-order chi connectivity index (χ0) is 38.7. The average molecular weight is 741 g/mol. The number of carboxylic acids is 1. The number of hydrogen-bond acceptors (Lipinski definition) is 8. The summed E-state index contributed by atoms with van der Waals surface area (Å²) in [4.78, 5) is 51.9. The Kier molecular flexibility index (Phi) is 11.0. The largest absolute Gasteiger partial charge is 0.481 e. The highest BCUT2D eigenvalue weighted by Crippen LogP contribution is 2.75. The van der Waals surface area contributed by atoms with Gasteiger partial charge in [0, 0.05) is 30.2 Å². The smallest absolute Gasteiger partial charge is 0.323 e. The molecule has 0 aromatic heterocycles. The third-order valence-corrected chi connectivity index (χ3v) is 16.7. The lowest BCUT2D eigenvalue weighted by Crippen LogP contribution is -2.70. The molecular formula is C43H68N2O8. The van der Waals surface area contributed by atoms with Gasteiger partial charge in [0.25, 0.3) is 0 Å². The topological polar surface area (TPSA) is 154 Å². The molecular weight excluding hydrogens is 672 g/mol. The normalized spacial score (nSPS) is 41.7. The average Bonchev–Trinajstić information content (AvgIpc) is 3.05. The predicted octanol–water partition coefficient (Wildman–Crippen LogP) is 6.83. The Labute approximate surface area is 317 Å². The van der Waals surface area contributed by atoms with Crippen molar-refractivity contribution in [3.05, 3.63) is 11.6 Å². The van der Waals surface area contributed by atoms with Crippen molar-refractivity contribution in [2.24, 2.45) is 68.3 Å². The molecule has 10 heteroatoms. The lowest BCUT2D eigenvalue weighted by atomic mass is 9.34. The van der Waals surface area contributed by atoms with Crippen LogP contribution in [-0.4, -0.2) is 66.9 Å². The minimum atomic E-state index is -0.831. The molecule has 1 unspecified atom stereocenters. The Balaban J connectivity index is 1.24. The van der Waals surface area contributed by atoms with Gasteiger partial charge in [0.1, 0.15) is 18.2 Å². The lowest BCUT2D eigenvalue weighted by Gasteiger charge is -2.71. The number of aliphatic carboxylic acids is 1. The van der Waals surface area contributed by atoms with E-state index in [1.165, 1.54) is 12.5 Å². The van der Waals surface area contributed by atoms with Crippen molar-refractivity contribution in [1.29, 1.82) is 0 Å². The van der Waals surface area contributed by atoms with Crippen molar-refractivity contribution in [2.45, 2.75) is 151 Å². The first kappa shape index (κ1) is 40.2. The number of nitrogens with two attached hydrogens (primary N) is 1. The Morgan fingerprint density at radius 1 is 0.981 bits per heavy atom. The molecule has 0 radical (unpaired) electrons. The summed E-state index contributed by atoms with van der Waals surface area (Å²) in [6.45, 7) is 18.5. The van der Waals surface area contributed by atoms with Gasteiger partial charge in [-0.1, -0.05) is 66.5 Å². The third kappa shape index (κ3) is 6.47. The number of unbranched alkanes of at least 4 members (excludes halogenated alkanes) is 1. The number of fused-ring (bicyclic) bond motifs is 3. The van der Waals surface area contributed by atoms with Crippen molar-refractivity contribution in [3.63, 3.8) is 0 Å². The molecule has 4 N–H and O–H groups in total. The molecule has 1 saturated heterocycles. The van der Waals surface area contributed by atoms with E-state index >= 15 is 0 Å². The summed E-state index contributed by atoms with van der Waals surface area (Å²) in [6, 6.07) is -0.831. The fraction of sp³-hybridized carbons (Fsp3) is 0.860. The molecule has 4 saturated carbocycles. The first-order valence-electron chi connectivity index (χ1n) is 20.8. The molecule has 0 aromatic carbocycles. The molecule has 6 aliphatic rings. The van der Waals surface area contributed by atoms with Gasteiger partial charge in [-0.25, -0.2) is 0 Å². The number of amides is 1. The van der Waals surface area contributed by atoms with Gasteiger partial charge in [0.05, 0.1) is 19.1 Å². The van der Waals surface area contributed by atoms with E-state index < -0.39 is 58.3 Å². The molecule has 0 aromatic rings. The van der Waals surface area contributed by atoms with Gasteiger partial charge < -0.3 is 30.4 Å². The van der Waals surface area contributed by atoms with E-state index in [9.17, 15) is 24.3 Å². The fourth-order valence-electron chi connectivity index (χ4n) is 13.0. The molecule has 1 amide bonds. The van der Waals surface area contributed by atoms with Gasteiger partial charge in [-0.2, -0.15) is 0 Å². The van der Waals surface area contributed by atoms with E-state index in [0.29, 0.717) is 51.4 Å². The third-order valence-electron chi connectivity index (χ3n) is 16.7. The number of hydrogen-bond donors (Lipinski definition) is 3. The van der Waals surface area contributed by atoms with Gasteiger partial charge in [-0.3, -0.25) is 19.2 Å². The summed E-state index contributed by atoms with van der Waals surface area (Å²) >= 11 is 0. The second kappa shape index (κ2) is 14.6. The summed E-state index contributed by atoms with van der Waals surface area (Å²) in [6.07, 6.45) is 10.7. The maximum Gasteiger partial charge on any atom is 0.323 e. The zero-order valence-electron chi connectivity index (χ0n) is 33.8. The van der Waals surface area contributed by atoms with Gasteiger partial charge in [0.15, 0.2) is 0 Å². The predicted molar refractivity (Wildman–Crippen MR) is 201 cm³/mol. The molecule has 12 atom stereocenters. The highest BCUT2D eigenvalue weighted by Gasteiger charge is 2.72. The highest BCUT2D eigenvalue weighted by atomic mass is 16.6. The van der Waals surface area contributed by atoms with Crippen molar-refractivity contribution < 1.29 is 38.5 Å². The molecule has 10 nitrogen and oxygen atoms in total. The lowest BCUT2D eigenvalue weighted by molar-refractivity contribution is -0.263. The quantitative estimate of drug-likeness (QED) is 0.111. The van der Waals surface area contributed by atoms with Crippen molar-refractivity contribution in [1.82, 2.24) is 5.32 Å². The number of carboxylic acid groups (broad SMARTS) is 1. The second-order valence-electron chi connectivity index (χ2n) is 19.6. The standard InChI is InChI=1S/C43H68N2O8/c1-25(2)26(3)39(5)19-20-41(7)29-15-16-33-40(6)23-51-24-43(33,30(29)17-18-42(41,8)34(39)37(48)49)22-32(52-27(4)46)35(40)53-38(50)31(44)14-9-10-21-45-36(47)28-12-11-13-28/h17,25-26,28-29,31-35H,9-16,18-24,44H2,1-8H3,(H,45,47)(H,48,49)/t26-,29+,31?,32-,33+,34-,35+,39-,40+,41-,42+,43+/m1/s1. The minimum absolute atomic E-state index is 0.122. The van der Waals surface area contributed by atoms with Crippen LogP contribution in [0.25, 0.3) is 0 Å². The zero-order valence-corrected chi connectivity index (χ0v) is 33.8. The number of rotatable bonds is 12. The molecule has 53 heavy (non-hydrogen) atoms. The minimum Gasteiger partial charge on any atom is -0.481 e. The molecule has 1 heterocycles. The number of carbonyl (C=O) groups is 4. The Bertz CT molecular complexity index is 1480. The number of carbonyl (C=O) groups excluding carboxylic acids is 3. The summed E-state index contributed by atoms with van der Waals surface area (Å²) in [5, 5.41) is 14.0. The van der Waals surface area contributed by atoms with E-state index in [1.807, 2.05) is 0 Å². The van der Waals surface area contributed by atoms with E-state index in [4.69, 9.17) is 19.9 Å². The SMILES string of the molecule is CC(=O)O[C@@H]1C[C@@]23COC[C@@](C)([C@@H]2CC[C@H]2C3=CC[C@@]3(C)[C@H](C(=O)O)[C@@](C)([C@H](C)C(C)C)CC[C@]23C)[C@H]1OC(=O)C(N)CCCCNC(=O)C1CCC1. The van der Waals surface area contributed by atoms with Crippen LogP contribution >= 0.6 is 0 Å². The van der Waals surface area contributed by atoms with Gasteiger partial charge >= 0.3 is 17.9 Å². The molecule has 2 bridgehead atoms. The Morgan fingerprint density at radius 3 is 2.32 bits per heavy atom. The monoisotopic (exact) mass is 740 g/mol. The Morgan fingerprint density at radius 2 is 1.70 bits per heavy atom. The number of nitrogens with one attached hydrogen (secondary N) is 1. The maximum atomic E-state index is 13.6. The van der Waals surface area contributed by atoms with Crippen LogP contribution in [0, 0.1) is 62.6 Å². The summed E-state index contributed by atoms with van der Waals surface area (Å²) in [7, 11) is 0. The second-order valence-corrected chi connectivity index (χ2v) is 19.6. The molecule has 1 aliphatic heterocycles. The van der Waals surface area contributed by atoms with Crippen LogP contribution in [0.3, 0.4) is 0 Å². The van der Waals surface area contributed by atoms with Crippen LogP contribution in [-0.2, 0) is 33.4 Å². The first-order chi connectivity index (χ1) is 24.9. The van der Waals surface area contributed by atoms with E-state index in [-0.39, 0.29) is 40.4 Å². The maximum absolute atomic E-state index is 13.6. The first-order valence-corrected chi connectivity index (χ1v) is 20.8. The summed E-state index contributed by atoms with van der Waals surface area (Å²) in [5.74, 6) is -0.866. The number of ether oxygens (including phenoxy) is 3. The van der Waals surface area contributed by atoms with Gasteiger partial charge in [-0.15, -0.1) is 0 Å². The van der Waals surface area contributed by atoms with E-state index in [0.717, 1.165) is 51.4 Å². The number of allylic oxidation sites excluding steroid dienone is 1. The van der Waals surface area contributed by atoms with Crippen LogP contribution < -0.4 is 11.1 Å². The van der Waals surface area contributed by atoms with E-state index in [1.54, 1.807) is 0 Å². The molecule has 5 aliphatic carbocycles. The van der Waals surface area contributed by atoms with Crippen molar-refractivity contribution in [3.8, 4) is 0 Å². The van der Waals surface area contributed by atoms with Crippen molar-refractivity contribution in [2.75, 3.05) is 19.8 Å². The molecule has 6 rings (SSSR count). The Hall–Kier alpha value is -2.46. The van der Waals surface area contributed by atoms with E-state index in [2.05, 4.69) is 59.9 Å². The van der Waals surface area contributed by atoms with Gasteiger partial charge in [0.2, 0.25) is 5.91 Å². The summed E-state index contributed by atoms with van der Waals surface area (Å²) in [5.41, 5.74) is 5.72. The van der Waals surface area contributed by atoms with Crippen molar-refractivity contribution >= 4 is 23.8 Å². The van der Waals surface area contributed by atoms with Crippen LogP contribution in [0.15, 0.2) is 11.6 Å². The van der Waals surface area contributed by atoms with Crippen LogP contribution in [0.4, 0.5) is 0 Å². The number of esters is 2. The molecule has 298 valence electrons. The van der Waals surface area contributed by atoms with Crippen LogP contribution in [0.5, 0.6) is 0 Å². The summed E-state index contributed by atoms with van der Waals surface area (Å²) < 4.78 is 19.0. The highest BCUT2D eigenvalue weighted by molar-refractivity contribution is 5.79. The molecule has 0 spiro atoms. The van der Waals surface area contributed by atoms with Gasteiger partial charge in [-0.05, 0) is 111 Å². The fourth-order valence-corrected chi connectivity index (χ4v) is 13.0. The molecule has 5 fully saturated rings. The van der Waals surface area contributed by atoms with Crippen LogP contribution in [0.2, 0.25) is 0 Å². The van der Waals surface area contributed by atoms with Crippen LogP contribution in [0.1, 0.15) is 132 Å².